The second kappa shape index (κ2) is 4.08. The summed E-state index contributed by atoms with van der Waals surface area (Å²) in [5.74, 6) is 2.15. The summed E-state index contributed by atoms with van der Waals surface area (Å²) in [6, 6.07) is 4.36. The summed E-state index contributed by atoms with van der Waals surface area (Å²) in [5, 5.41) is 0. The fraction of sp³-hybridized carbons (Fsp3) is 0.333. The van der Waals surface area contributed by atoms with E-state index in [9.17, 15) is 0 Å². The lowest BCUT2D eigenvalue weighted by molar-refractivity contribution is 0.500. The number of anilines is 2. The molecule has 2 aromatic rings. The highest BCUT2D eigenvalue weighted by atomic mass is 16.3. The molecule has 17 heavy (non-hydrogen) atoms. The molecule has 1 saturated carbocycles. The van der Waals surface area contributed by atoms with E-state index in [1.54, 1.807) is 18.7 Å². The van der Waals surface area contributed by atoms with Crippen molar-refractivity contribution in [3.05, 3.63) is 36.5 Å². The molecule has 3 rings (SSSR count). The molecule has 5 heteroatoms. The fourth-order valence-corrected chi connectivity index (χ4v) is 1.90. The van der Waals surface area contributed by atoms with Gasteiger partial charge in [-0.25, -0.2) is 9.97 Å². The predicted molar refractivity (Wildman–Crippen MR) is 64.4 cm³/mol. The van der Waals surface area contributed by atoms with Gasteiger partial charge >= 0.3 is 0 Å². The van der Waals surface area contributed by atoms with E-state index in [2.05, 4.69) is 14.9 Å². The van der Waals surface area contributed by atoms with Crippen molar-refractivity contribution in [2.75, 3.05) is 10.6 Å². The van der Waals surface area contributed by atoms with Gasteiger partial charge in [-0.15, -0.1) is 0 Å². The lowest BCUT2D eigenvalue weighted by Crippen LogP contribution is -2.27. The number of hydrogen-bond donors (Lipinski definition) is 1. The van der Waals surface area contributed by atoms with Crippen molar-refractivity contribution in [2.45, 2.75) is 25.4 Å². The van der Waals surface area contributed by atoms with Crippen LogP contribution in [0.1, 0.15) is 18.6 Å². The smallest absolute Gasteiger partial charge is 0.172 e. The van der Waals surface area contributed by atoms with Gasteiger partial charge < -0.3 is 15.1 Å². The van der Waals surface area contributed by atoms with Crippen molar-refractivity contribution in [3.8, 4) is 0 Å². The van der Waals surface area contributed by atoms with Crippen LogP contribution in [0.25, 0.3) is 0 Å². The van der Waals surface area contributed by atoms with Gasteiger partial charge in [-0.3, -0.25) is 0 Å². The van der Waals surface area contributed by atoms with Gasteiger partial charge in [0.15, 0.2) is 11.6 Å². The van der Waals surface area contributed by atoms with E-state index in [1.807, 2.05) is 12.1 Å². The maximum absolute atomic E-state index is 5.87. The predicted octanol–water partition coefficient (Wildman–Crippen LogP) is 1.82. The Hall–Kier alpha value is -2.04. The topological polar surface area (TPSA) is 68.2 Å². The van der Waals surface area contributed by atoms with Gasteiger partial charge in [-0.2, -0.15) is 0 Å². The van der Waals surface area contributed by atoms with E-state index in [1.165, 1.54) is 12.8 Å². The van der Waals surface area contributed by atoms with E-state index >= 15 is 0 Å². The molecular formula is C12H14N4O. The average molecular weight is 230 g/mol. The first-order valence-electron chi connectivity index (χ1n) is 5.70. The summed E-state index contributed by atoms with van der Waals surface area (Å²) in [4.78, 5) is 10.6. The standard InChI is InChI=1S/C12H14N4O/c13-11-12(15-6-5-14-11)16(9-3-4-9)8-10-2-1-7-17-10/h1-2,5-7,9H,3-4,8H2,(H2,13,14). The quantitative estimate of drug-likeness (QED) is 0.867. The van der Waals surface area contributed by atoms with E-state index in [0.717, 1.165) is 11.6 Å². The van der Waals surface area contributed by atoms with Crippen LogP contribution >= 0.6 is 0 Å². The Labute approximate surface area is 99.3 Å². The highest BCUT2D eigenvalue weighted by Gasteiger charge is 2.31. The molecule has 0 atom stereocenters. The Morgan fingerprint density at radius 1 is 1.35 bits per heavy atom. The van der Waals surface area contributed by atoms with Crippen molar-refractivity contribution < 1.29 is 4.42 Å². The third kappa shape index (κ3) is 2.08. The summed E-state index contributed by atoms with van der Waals surface area (Å²) in [7, 11) is 0. The molecular weight excluding hydrogens is 216 g/mol. The number of aromatic nitrogens is 2. The zero-order valence-electron chi connectivity index (χ0n) is 9.41. The minimum Gasteiger partial charge on any atom is -0.467 e. The minimum absolute atomic E-state index is 0.478. The molecule has 0 aromatic carbocycles. The van der Waals surface area contributed by atoms with Gasteiger partial charge in [0, 0.05) is 18.4 Å². The molecule has 0 radical (unpaired) electrons. The Bertz CT molecular complexity index is 493. The molecule has 0 aliphatic heterocycles. The van der Waals surface area contributed by atoms with Gasteiger partial charge in [0.05, 0.1) is 12.8 Å². The van der Waals surface area contributed by atoms with Crippen molar-refractivity contribution in [2.24, 2.45) is 0 Å². The molecule has 2 heterocycles. The summed E-state index contributed by atoms with van der Waals surface area (Å²) in [5.41, 5.74) is 5.87. The summed E-state index contributed by atoms with van der Waals surface area (Å²) >= 11 is 0. The molecule has 1 aliphatic carbocycles. The number of nitrogen functional groups attached to an aromatic ring is 1. The maximum Gasteiger partial charge on any atom is 0.172 e. The van der Waals surface area contributed by atoms with Crippen LogP contribution in [-0.4, -0.2) is 16.0 Å². The molecule has 0 bridgehead atoms. The second-order valence-electron chi connectivity index (χ2n) is 4.20. The van der Waals surface area contributed by atoms with Crippen molar-refractivity contribution in [3.63, 3.8) is 0 Å². The zero-order valence-corrected chi connectivity index (χ0v) is 9.41. The lowest BCUT2D eigenvalue weighted by atomic mass is 10.3. The molecule has 1 fully saturated rings. The Morgan fingerprint density at radius 3 is 2.82 bits per heavy atom. The number of nitrogens with two attached hydrogens (primary N) is 1. The second-order valence-corrected chi connectivity index (χ2v) is 4.20. The van der Waals surface area contributed by atoms with Crippen LogP contribution in [0.4, 0.5) is 11.6 Å². The molecule has 88 valence electrons. The monoisotopic (exact) mass is 230 g/mol. The fourth-order valence-electron chi connectivity index (χ4n) is 1.90. The third-order valence-corrected chi connectivity index (χ3v) is 2.87. The maximum atomic E-state index is 5.87. The zero-order chi connectivity index (χ0) is 11.7. The normalized spacial score (nSPS) is 14.8. The molecule has 5 nitrogen and oxygen atoms in total. The molecule has 2 N–H and O–H groups in total. The van der Waals surface area contributed by atoms with Crippen LogP contribution in [0, 0.1) is 0 Å². The van der Waals surface area contributed by atoms with Crippen LogP contribution in [0.5, 0.6) is 0 Å². The molecule has 0 unspecified atom stereocenters. The Balaban J connectivity index is 1.88. The van der Waals surface area contributed by atoms with Crippen molar-refractivity contribution >= 4 is 11.6 Å². The van der Waals surface area contributed by atoms with Crippen LogP contribution in [0.15, 0.2) is 35.2 Å². The van der Waals surface area contributed by atoms with Crippen molar-refractivity contribution in [1.82, 2.24) is 9.97 Å². The summed E-state index contributed by atoms with van der Waals surface area (Å²) in [6.45, 7) is 0.695. The lowest BCUT2D eigenvalue weighted by Gasteiger charge is -2.22. The Morgan fingerprint density at radius 2 is 2.18 bits per heavy atom. The van der Waals surface area contributed by atoms with Crippen LogP contribution in [0.2, 0.25) is 0 Å². The molecule has 1 aliphatic rings. The number of furan rings is 1. The van der Waals surface area contributed by atoms with Gasteiger partial charge in [0.2, 0.25) is 0 Å². The van der Waals surface area contributed by atoms with Crippen LogP contribution in [-0.2, 0) is 6.54 Å². The van der Waals surface area contributed by atoms with E-state index < -0.39 is 0 Å². The SMILES string of the molecule is Nc1nccnc1N(Cc1ccco1)C1CC1. The summed E-state index contributed by atoms with van der Waals surface area (Å²) < 4.78 is 5.37. The van der Waals surface area contributed by atoms with E-state index in [-0.39, 0.29) is 0 Å². The first-order chi connectivity index (χ1) is 8.34. The average Bonchev–Trinajstić information content (AvgIpc) is 3.05. The number of rotatable bonds is 4. The van der Waals surface area contributed by atoms with Gasteiger partial charge in [0.25, 0.3) is 0 Å². The molecule has 2 aromatic heterocycles. The third-order valence-electron chi connectivity index (χ3n) is 2.87. The van der Waals surface area contributed by atoms with Gasteiger partial charge in [-0.05, 0) is 25.0 Å². The molecule has 0 spiro atoms. The van der Waals surface area contributed by atoms with Crippen molar-refractivity contribution in [1.29, 1.82) is 0 Å². The highest BCUT2D eigenvalue weighted by Crippen LogP contribution is 2.33. The molecule has 0 saturated heterocycles. The Kier molecular flexibility index (Phi) is 2.44. The van der Waals surface area contributed by atoms with E-state index in [0.29, 0.717) is 18.4 Å². The first kappa shape index (κ1) is 10.1. The van der Waals surface area contributed by atoms with Crippen LogP contribution in [0.3, 0.4) is 0 Å². The molecule has 0 amide bonds. The number of nitrogens with zero attached hydrogens (tertiary/aromatic N) is 3. The summed E-state index contributed by atoms with van der Waals surface area (Å²) in [6.07, 6.45) is 7.31. The minimum atomic E-state index is 0.478. The largest absolute Gasteiger partial charge is 0.467 e. The van der Waals surface area contributed by atoms with Gasteiger partial charge in [-0.1, -0.05) is 0 Å². The van der Waals surface area contributed by atoms with E-state index in [4.69, 9.17) is 10.2 Å². The first-order valence-corrected chi connectivity index (χ1v) is 5.70. The number of hydrogen-bond acceptors (Lipinski definition) is 5. The highest BCUT2D eigenvalue weighted by molar-refractivity contribution is 5.58. The van der Waals surface area contributed by atoms with Crippen LogP contribution < -0.4 is 10.6 Å². The van der Waals surface area contributed by atoms with Gasteiger partial charge in [0.1, 0.15) is 5.76 Å².